The molecule has 1 N–H and O–H groups in total. The summed E-state index contributed by atoms with van der Waals surface area (Å²) in [5.41, 5.74) is 1.91. The Kier molecular flexibility index (Phi) is 5.82. The number of carbonyl (C=O) groups is 1. The number of nitrogens with zero attached hydrogens (tertiary/aromatic N) is 2. The van der Waals surface area contributed by atoms with Crippen LogP contribution in [0.2, 0.25) is 0 Å². The first-order chi connectivity index (χ1) is 12.8. The number of alkyl halides is 3. The van der Waals surface area contributed by atoms with Crippen molar-refractivity contribution in [2.24, 2.45) is 5.92 Å². The molecule has 1 saturated carbocycles. The van der Waals surface area contributed by atoms with Crippen LogP contribution in [-0.2, 0) is 11.2 Å². The van der Waals surface area contributed by atoms with E-state index >= 15 is 0 Å². The molecule has 0 saturated heterocycles. The second-order valence-electron chi connectivity index (χ2n) is 7.04. The molecule has 1 aliphatic rings. The Bertz CT molecular complexity index is 771. The first-order valence-electron chi connectivity index (χ1n) is 9.07. The van der Waals surface area contributed by atoms with Gasteiger partial charge in [0, 0.05) is 24.4 Å². The number of hydrogen-bond donors (Lipinski definition) is 1. The summed E-state index contributed by atoms with van der Waals surface area (Å²) in [6.07, 6.45) is -2.70. The van der Waals surface area contributed by atoms with E-state index in [9.17, 15) is 18.0 Å². The average molecular weight is 381 g/mol. The molecule has 2 atom stereocenters. The molecule has 8 heteroatoms. The summed E-state index contributed by atoms with van der Waals surface area (Å²) in [6, 6.07) is 7.19. The molecule has 0 bridgehead atoms. The van der Waals surface area contributed by atoms with Crippen molar-refractivity contribution in [3.63, 3.8) is 0 Å². The van der Waals surface area contributed by atoms with Gasteiger partial charge in [-0.15, -0.1) is 10.2 Å². The molecule has 1 aliphatic carbocycles. The lowest BCUT2D eigenvalue weighted by Gasteiger charge is -2.31. The Morgan fingerprint density at radius 3 is 2.67 bits per heavy atom. The standard InChI is InChI=1S/C19H22F3N3O2/c1-12-5-7-13(8-6-12)18-25-24-17(27-18)10-9-16(26)23-15-4-2-3-14(11-15)19(20,21)22/h5-8,14-15H,2-4,9-11H2,1H3,(H,23,26)/t14-,15+/m0/s1. The van der Waals surface area contributed by atoms with Gasteiger partial charge in [0.05, 0.1) is 5.92 Å². The maximum Gasteiger partial charge on any atom is 0.391 e. The van der Waals surface area contributed by atoms with Gasteiger partial charge in [0.15, 0.2) is 0 Å². The van der Waals surface area contributed by atoms with Crippen LogP contribution in [0.4, 0.5) is 13.2 Å². The van der Waals surface area contributed by atoms with Crippen LogP contribution in [0.25, 0.3) is 11.5 Å². The molecule has 5 nitrogen and oxygen atoms in total. The van der Waals surface area contributed by atoms with E-state index in [-0.39, 0.29) is 31.6 Å². The summed E-state index contributed by atoms with van der Waals surface area (Å²) in [5.74, 6) is -0.911. The summed E-state index contributed by atoms with van der Waals surface area (Å²) in [4.78, 5) is 12.1. The summed E-state index contributed by atoms with van der Waals surface area (Å²) < 4.78 is 44.1. The number of benzene rings is 1. The van der Waals surface area contributed by atoms with E-state index in [2.05, 4.69) is 15.5 Å². The third kappa shape index (κ3) is 5.30. The van der Waals surface area contributed by atoms with Crippen LogP contribution in [0, 0.1) is 12.8 Å². The largest absolute Gasteiger partial charge is 0.421 e. The second-order valence-corrected chi connectivity index (χ2v) is 7.04. The first kappa shape index (κ1) is 19.4. The number of amides is 1. The Hall–Kier alpha value is -2.38. The Labute approximate surface area is 155 Å². The van der Waals surface area contributed by atoms with Crippen LogP contribution in [0.1, 0.15) is 43.6 Å². The van der Waals surface area contributed by atoms with Gasteiger partial charge in [0.2, 0.25) is 17.7 Å². The number of carbonyl (C=O) groups excluding carboxylic acids is 1. The first-order valence-corrected chi connectivity index (χ1v) is 9.07. The molecule has 0 aliphatic heterocycles. The highest BCUT2D eigenvalue weighted by atomic mass is 19.4. The molecule has 0 radical (unpaired) electrons. The van der Waals surface area contributed by atoms with Gasteiger partial charge in [-0.1, -0.05) is 24.1 Å². The monoisotopic (exact) mass is 381 g/mol. The van der Waals surface area contributed by atoms with Crippen molar-refractivity contribution in [3.05, 3.63) is 35.7 Å². The van der Waals surface area contributed by atoms with Crippen LogP contribution in [0.5, 0.6) is 0 Å². The number of aryl methyl sites for hydroxylation is 2. The van der Waals surface area contributed by atoms with Crippen molar-refractivity contribution in [1.82, 2.24) is 15.5 Å². The molecule has 2 aromatic rings. The molecule has 1 fully saturated rings. The summed E-state index contributed by atoms with van der Waals surface area (Å²) in [5, 5.41) is 10.6. The highest BCUT2D eigenvalue weighted by Gasteiger charge is 2.42. The van der Waals surface area contributed by atoms with Gasteiger partial charge in [0.1, 0.15) is 0 Å². The molecule has 0 unspecified atom stereocenters. The molecule has 1 heterocycles. The van der Waals surface area contributed by atoms with Gasteiger partial charge < -0.3 is 9.73 Å². The lowest BCUT2D eigenvalue weighted by atomic mass is 9.85. The summed E-state index contributed by atoms with van der Waals surface area (Å²) in [6.45, 7) is 1.98. The molecular formula is C19H22F3N3O2. The van der Waals surface area contributed by atoms with Crippen LogP contribution >= 0.6 is 0 Å². The van der Waals surface area contributed by atoms with Gasteiger partial charge in [-0.3, -0.25) is 4.79 Å². The van der Waals surface area contributed by atoms with Crippen molar-refractivity contribution in [3.8, 4) is 11.5 Å². The smallest absolute Gasteiger partial charge is 0.391 e. The highest BCUT2D eigenvalue weighted by Crippen LogP contribution is 2.37. The zero-order valence-corrected chi connectivity index (χ0v) is 15.1. The van der Waals surface area contributed by atoms with Crippen LogP contribution in [0.15, 0.2) is 28.7 Å². The van der Waals surface area contributed by atoms with Gasteiger partial charge >= 0.3 is 6.18 Å². The van der Waals surface area contributed by atoms with E-state index in [4.69, 9.17) is 4.42 Å². The fourth-order valence-corrected chi connectivity index (χ4v) is 3.31. The highest BCUT2D eigenvalue weighted by molar-refractivity contribution is 5.76. The van der Waals surface area contributed by atoms with E-state index in [0.717, 1.165) is 11.1 Å². The minimum Gasteiger partial charge on any atom is -0.421 e. The van der Waals surface area contributed by atoms with E-state index < -0.39 is 18.1 Å². The van der Waals surface area contributed by atoms with Gasteiger partial charge in [0.25, 0.3) is 0 Å². The quantitative estimate of drug-likeness (QED) is 0.842. The van der Waals surface area contributed by atoms with Crippen LogP contribution in [0.3, 0.4) is 0 Å². The van der Waals surface area contributed by atoms with Gasteiger partial charge in [-0.2, -0.15) is 13.2 Å². The van der Waals surface area contributed by atoms with Crippen LogP contribution in [-0.4, -0.2) is 28.3 Å². The fourth-order valence-electron chi connectivity index (χ4n) is 3.31. The normalized spacial score (nSPS) is 20.4. The number of hydrogen-bond acceptors (Lipinski definition) is 4. The lowest BCUT2D eigenvalue weighted by Crippen LogP contribution is -2.41. The van der Waals surface area contributed by atoms with E-state index in [1.54, 1.807) is 0 Å². The van der Waals surface area contributed by atoms with Crippen LogP contribution < -0.4 is 5.32 Å². The number of nitrogens with one attached hydrogen (secondary N) is 1. The minimum atomic E-state index is -4.19. The predicted molar refractivity (Wildman–Crippen MR) is 92.7 cm³/mol. The Morgan fingerprint density at radius 1 is 1.22 bits per heavy atom. The van der Waals surface area contributed by atoms with Gasteiger partial charge in [-0.05, 0) is 38.3 Å². The minimum absolute atomic E-state index is 0.0482. The predicted octanol–water partition coefficient (Wildman–Crippen LogP) is 4.21. The van der Waals surface area contributed by atoms with Crippen molar-refractivity contribution < 1.29 is 22.4 Å². The third-order valence-electron chi connectivity index (χ3n) is 4.83. The van der Waals surface area contributed by atoms with E-state index in [1.807, 2.05) is 31.2 Å². The Balaban J connectivity index is 1.49. The second kappa shape index (κ2) is 8.10. The lowest BCUT2D eigenvalue weighted by molar-refractivity contribution is -0.184. The molecular weight excluding hydrogens is 359 g/mol. The zero-order chi connectivity index (χ0) is 19.4. The van der Waals surface area contributed by atoms with Crippen molar-refractivity contribution in [1.29, 1.82) is 0 Å². The maximum atomic E-state index is 12.8. The van der Waals surface area contributed by atoms with Crippen molar-refractivity contribution in [2.75, 3.05) is 0 Å². The SMILES string of the molecule is Cc1ccc(-c2nnc(CCC(=O)N[C@@H]3CCC[C@H](C(F)(F)F)C3)o2)cc1. The Morgan fingerprint density at radius 2 is 1.96 bits per heavy atom. The maximum absolute atomic E-state index is 12.8. The van der Waals surface area contributed by atoms with Gasteiger partial charge in [-0.25, -0.2) is 0 Å². The van der Waals surface area contributed by atoms with E-state index in [1.165, 1.54) is 0 Å². The van der Waals surface area contributed by atoms with Crippen molar-refractivity contribution in [2.45, 2.75) is 57.7 Å². The molecule has 1 aromatic carbocycles. The molecule has 1 aromatic heterocycles. The topological polar surface area (TPSA) is 68.0 Å². The number of halogens is 3. The zero-order valence-electron chi connectivity index (χ0n) is 15.1. The molecule has 146 valence electrons. The number of aromatic nitrogens is 2. The molecule has 3 rings (SSSR count). The third-order valence-corrected chi connectivity index (χ3v) is 4.83. The van der Waals surface area contributed by atoms with E-state index in [0.29, 0.717) is 24.6 Å². The summed E-state index contributed by atoms with van der Waals surface area (Å²) in [7, 11) is 0. The molecule has 0 spiro atoms. The molecule has 27 heavy (non-hydrogen) atoms. The molecule has 1 amide bonds. The van der Waals surface area contributed by atoms with Crippen molar-refractivity contribution >= 4 is 5.91 Å². The summed E-state index contributed by atoms with van der Waals surface area (Å²) >= 11 is 0. The fraction of sp³-hybridized carbons (Fsp3) is 0.526. The number of rotatable bonds is 5. The average Bonchev–Trinajstić information content (AvgIpc) is 3.09.